The lowest BCUT2D eigenvalue weighted by Gasteiger charge is -2.07. The number of nitrogens with one attached hydrogen (secondary N) is 1. The van der Waals surface area contributed by atoms with E-state index in [2.05, 4.69) is 15.5 Å². The van der Waals surface area contributed by atoms with Crippen LogP contribution in [0.15, 0.2) is 18.6 Å². The van der Waals surface area contributed by atoms with Crippen molar-refractivity contribution in [1.29, 1.82) is 0 Å². The number of halogens is 3. The van der Waals surface area contributed by atoms with Crippen molar-refractivity contribution in [2.75, 3.05) is 5.32 Å². The van der Waals surface area contributed by atoms with Crippen LogP contribution in [0.3, 0.4) is 0 Å². The van der Waals surface area contributed by atoms with Gasteiger partial charge in [0.15, 0.2) is 0 Å². The van der Waals surface area contributed by atoms with Crippen molar-refractivity contribution in [3.63, 3.8) is 0 Å². The molecule has 0 spiro atoms. The molecule has 0 saturated carbocycles. The van der Waals surface area contributed by atoms with Crippen molar-refractivity contribution < 1.29 is 13.2 Å². The molecule has 0 aliphatic heterocycles. The number of aromatic nitrogens is 4. The molecule has 8 heteroatoms. The Kier molecular flexibility index (Phi) is 3.50. The van der Waals surface area contributed by atoms with Gasteiger partial charge < -0.3 is 5.32 Å². The summed E-state index contributed by atoms with van der Waals surface area (Å²) >= 11 is 0. The highest BCUT2D eigenvalue weighted by molar-refractivity contribution is 5.43. The second-order valence-corrected chi connectivity index (χ2v) is 4.31. The van der Waals surface area contributed by atoms with Crippen molar-refractivity contribution in [3.05, 3.63) is 29.7 Å². The lowest BCUT2D eigenvalue weighted by Crippen LogP contribution is -2.17. The van der Waals surface area contributed by atoms with Gasteiger partial charge in [-0.2, -0.15) is 23.4 Å². The molecule has 0 radical (unpaired) electrons. The Balaban J connectivity index is 1.97. The molecule has 2 rings (SSSR count). The van der Waals surface area contributed by atoms with E-state index in [1.54, 1.807) is 17.9 Å². The number of anilines is 1. The second kappa shape index (κ2) is 4.94. The molecular weight excluding hydrogens is 259 g/mol. The lowest BCUT2D eigenvalue weighted by atomic mass is 10.3. The van der Waals surface area contributed by atoms with Crippen LogP contribution in [0.1, 0.15) is 11.1 Å². The van der Waals surface area contributed by atoms with E-state index < -0.39 is 12.7 Å². The SMILES string of the molecule is Cc1cnn(C)c1NCc1cnn(CC(F)(F)F)c1. The van der Waals surface area contributed by atoms with Crippen molar-refractivity contribution in [2.45, 2.75) is 26.2 Å². The molecule has 2 heterocycles. The Morgan fingerprint density at radius 3 is 2.58 bits per heavy atom. The van der Waals surface area contributed by atoms with E-state index in [9.17, 15) is 13.2 Å². The van der Waals surface area contributed by atoms with Gasteiger partial charge in [-0.05, 0) is 6.92 Å². The van der Waals surface area contributed by atoms with Gasteiger partial charge in [0.25, 0.3) is 0 Å². The van der Waals surface area contributed by atoms with Gasteiger partial charge in [-0.25, -0.2) is 0 Å². The van der Waals surface area contributed by atoms with E-state index in [-0.39, 0.29) is 0 Å². The summed E-state index contributed by atoms with van der Waals surface area (Å²) in [6.45, 7) is 1.23. The topological polar surface area (TPSA) is 47.7 Å². The molecular formula is C11H14F3N5. The predicted octanol–water partition coefficient (Wildman–Crippen LogP) is 2.10. The van der Waals surface area contributed by atoms with E-state index in [1.807, 2.05) is 6.92 Å². The van der Waals surface area contributed by atoms with Crippen molar-refractivity contribution >= 4 is 5.82 Å². The van der Waals surface area contributed by atoms with Crippen LogP contribution in [-0.2, 0) is 20.1 Å². The molecule has 19 heavy (non-hydrogen) atoms. The third-order valence-corrected chi connectivity index (χ3v) is 2.61. The standard InChI is InChI=1S/C11H14F3N5/c1-8-3-16-18(2)10(8)15-4-9-5-17-19(6-9)7-11(12,13)14/h3,5-6,15H,4,7H2,1-2H3. The van der Waals surface area contributed by atoms with Gasteiger partial charge in [-0.15, -0.1) is 0 Å². The normalized spacial score (nSPS) is 11.8. The first-order chi connectivity index (χ1) is 8.85. The summed E-state index contributed by atoms with van der Waals surface area (Å²) in [6.07, 6.45) is 0.265. The van der Waals surface area contributed by atoms with Crippen LogP contribution in [0, 0.1) is 6.92 Å². The van der Waals surface area contributed by atoms with Crippen molar-refractivity contribution in [2.24, 2.45) is 7.05 Å². The Morgan fingerprint density at radius 1 is 1.26 bits per heavy atom. The molecule has 0 aromatic carbocycles. The van der Waals surface area contributed by atoms with Crippen LogP contribution >= 0.6 is 0 Å². The number of hydrogen-bond donors (Lipinski definition) is 1. The fourth-order valence-corrected chi connectivity index (χ4v) is 1.75. The summed E-state index contributed by atoms with van der Waals surface area (Å²) in [5.74, 6) is 0.837. The number of nitrogens with zero attached hydrogens (tertiary/aromatic N) is 4. The highest BCUT2D eigenvalue weighted by Crippen LogP contribution is 2.18. The summed E-state index contributed by atoms with van der Waals surface area (Å²) in [5, 5.41) is 10.9. The quantitative estimate of drug-likeness (QED) is 0.928. The minimum atomic E-state index is -4.25. The van der Waals surface area contributed by atoms with Gasteiger partial charge in [-0.3, -0.25) is 9.36 Å². The third kappa shape index (κ3) is 3.49. The molecule has 0 fully saturated rings. The molecule has 1 N–H and O–H groups in total. The number of rotatable bonds is 4. The Labute approximate surface area is 108 Å². The molecule has 5 nitrogen and oxygen atoms in total. The molecule has 0 amide bonds. The van der Waals surface area contributed by atoms with Gasteiger partial charge in [0.2, 0.25) is 0 Å². The number of hydrogen-bond acceptors (Lipinski definition) is 3. The van der Waals surface area contributed by atoms with Crippen LogP contribution in [0.2, 0.25) is 0 Å². The summed E-state index contributed by atoms with van der Waals surface area (Å²) < 4.78 is 39.1. The number of alkyl halides is 3. The monoisotopic (exact) mass is 273 g/mol. The highest BCUT2D eigenvalue weighted by atomic mass is 19.4. The predicted molar refractivity (Wildman–Crippen MR) is 63.6 cm³/mol. The Morgan fingerprint density at radius 2 is 2.00 bits per heavy atom. The molecule has 0 aliphatic rings. The van der Waals surface area contributed by atoms with Crippen molar-refractivity contribution in [1.82, 2.24) is 19.6 Å². The fraction of sp³-hybridized carbons (Fsp3) is 0.455. The molecule has 0 unspecified atom stereocenters. The summed E-state index contributed by atoms with van der Waals surface area (Å²) in [6, 6.07) is 0. The van der Waals surface area contributed by atoms with E-state index in [1.165, 1.54) is 12.4 Å². The first-order valence-electron chi connectivity index (χ1n) is 5.66. The minimum Gasteiger partial charge on any atom is -0.366 e. The largest absolute Gasteiger partial charge is 0.408 e. The smallest absolute Gasteiger partial charge is 0.366 e. The van der Waals surface area contributed by atoms with Gasteiger partial charge >= 0.3 is 6.18 Å². The van der Waals surface area contributed by atoms with E-state index in [4.69, 9.17) is 0 Å². The zero-order chi connectivity index (χ0) is 14.0. The fourth-order valence-electron chi connectivity index (χ4n) is 1.75. The number of aryl methyl sites for hydroxylation is 2. The molecule has 0 saturated heterocycles. The first kappa shape index (κ1) is 13.4. The maximum atomic E-state index is 12.2. The first-order valence-corrected chi connectivity index (χ1v) is 5.66. The van der Waals surface area contributed by atoms with Crippen LogP contribution in [0.5, 0.6) is 0 Å². The van der Waals surface area contributed by atoms with Crippen LogP contribution in [-0.4, -0.2) is 25.7 Å². The van der Waals surface area contributed by atoms with Crippen molar-refractivity contribution in [3.8, 4) is 0 Å². The van der Waals surface area contributed by atoms with Gasteiger partial charge in [0, 0.05) is 30.9 Å². The lowest BCUT2D eigenvalue weighted by molar-refractivity contribution is -0.142. The molecule has 0 atom stereocenters. The third-order valence-electron chi connectivity index (χ3n) is 2.61. The summed E-state index contributed by atoms with van der Waals surface area (Å²) in [7, 11) is 1.79. The van der Waals surface area contributed by atoms with Crippen LogP contribution in [0.25, 0.3) is 0 Å². The zero-order valence-electron chi connectivity index (χ0n) is 10.6. The zero-order valence-corrected chi connectivity index (χ0v) is 10.6. The average Bonchev–Trinajstić information content (AvgIpc) is 2.83. The molecule has 2 aromatic rings. The van der Waals surface area contributed by atoms with E-state index in [0.717, 1.165) is 16.1 Å². The van der Waals surface area contributed by atoms with E-state index in [0.29, 0.717) is 12.1 Å². The molecule has 2 aromatic heterocycles. The maximum absolute atomic E-state index is 12.2. The van der Waals surface area contributed by atoms with Crippen LogP contribution < -0.4 is 5.32 Å². The summed E-state index contributed by atoms with van der Waals surface area (Å²) in [4.78, 5) is 0. The second-order valence-electron chi connectivity index (χ2n) is 4.31. The van der Waals surface area contributed by atoms with Crippen LogP contribution in [0.4, 0.5) is 19.0 Å². The highest BCUT2D eigenvalue weighted by Gasteiger charge is 2.28. The Bertz CT molecular complexity index is 535. The Hall–Kier alpha value is -1.99. The summed E-state index contributed by atoms with van der Waals surface area (Å²) in [5.41, 5.74) is 1.66. The molecule has 0 aliphatic carbocycles. The van der Waals surface area contributed by atoms with Gasteiger partial charge in [0.05, 0.1) is 12.4 Å². The molecule has 104 valence electrons. The minimum absolute atomic E-state index is 0.401. The van der Waals surface area contributed by atoms with Gasteiger partial charge in [0.1, 0.15) is 12.4 Å². The van der Waals surface area contributed by atoms with E-state index >= 15 is 0 Å². The van der Waals surface area contributed by atoms with Gasteiger partial charge in [-0.1, -0.05) is 0 Å². The molecule has 0 bridgehead atoms. The maximum Gasteiger partial charge on any atom is 0.408 e. The average molecular weight is 273 g/mol.